The highest BCUT2D eigenvalue weighted by Gasteiger charge is 2.17. The van der Waals surface area contributed by atoms with Crippen LogP contribution in [0.2, 0.25) is 0 Å². The topological polar surface area (TPSA) is 79.9 Å². The molecule has 1 aromatic carbocycles. The Bertz CT molecular complexity index is 891. The number of unbranched alkanes of at least 4 members (excludes halogenated alkanes) is 2. The number of carbonyl (C=O) groups is 1. The van der Waals surface area contributed by atoms with Gasteiger partial charge in [-0.3, -0.25) is 9.69 Å². The molecule has 7 heteroatoms. The van der Waals surface area contributed by atoms with Crippen LogP contribution in [0.15, 0.2) is 29.1 Å². The zero-order valence-corrected chi connectivity index (χ0v) is 20.7. The van der Waals surface area contributed by atoms with Crippen LogP contribution in [0.4, 0.5) is 0 Å². The molecule has 2 aliphatic heterocycles. The normalized spacial score (nSPS) is 16.8. The molecule has 0 spiro atoms. The second-order valence-electron chi connectivity index (χ2n) is 8.51. The number of H-pyrrole nitrogens is 1. The first kappa shape index (κ1) is 27.2. The van der Waals surface area contributed by atoms with Gasteiger partial charge in [0, 0.05) is 69.7 Å². The monoisotopic (exact) mass is 458 g/mol. The summed E-state index contributed by atoms with van der Waals surface area (Å²) in [4.78, 5) is 32.0. The number of benzene rings is 1. The number of nitrogens with one attached hydrogen (secondary N) is 1. The maximum Gasteiger partial charge on any atom is 0.256 e. The molecule has 1 saturated heterocycles. The number of hydrogen-bond acceptors (Lipinski definition) is 6. The van der Waals surface area contributed by atoms with Gasteiger partial charge in [0.2, 0.25) is 0 Å². The van der Waals surface area contributed by atoms with Crippen molar-refractivity contribution in [1.29, 1.82) is 0 Å². The zero-order chi connectivity index (χ0) is 24.1. The second kappa shape index (κ2) is 15.0. The third-order valence-electron chi connectivity index (χ3n) is 6.22. The van der Waals surface area contributed by atoms with Gasteiger partial charge < -0.3 is 24.7 Å². The van der Waals surface area contributed by atoms with Crippen molar-refractivity contribution in [3.05, 3.63) is 45.9 Å². The number of aldehydes is 1. The summed E-state index contributed by atoms with van der Waals surface area (Å²) in [5, 5.41) is 10.7. The van der Waals surface area contributed by atoms with Gasteiger partial charge in [-0.15, -0.1) is 0 Å². The first-order valence-electron chi connectivity index (χ1n) is 12.4. The molecule has 1 fully saturated rings. The molecule has 7 nitrogen and oxygen atoms in total. The fourth-order valence-electron chi connectivity index (χ4n) is 4.37. The molecule has 184 valence electrons. The lowest BCUT2D eigenvalue weighted by atomic mass is 9.99. The highest BCUT2D eigenvalue weighted by molar-refractivity contribution is 5.85. The summed E-state index contributed by atoms with van der Waals surface area (Å²) in [5.74, 6) is 0. The number of piperazine rings is 1. The number of fused-ring (bicyclic) bond motifs is 3. The minimum atomic E-state index is 0.0407. The third-order valence-corrected chi connectivity index (χ3v) is 6.22. The summed E-state index contributed by atoms with van der Waals surface area (Å²) in [6, 6.07) is 7.85. The van der Waals surface area contributed by atoms with E-state index >= 15 is 0 Å². The van der Waals surface area contributed by atoms with Crippen molar-refractivity contribution in [2.24, 2.45) is 0 Å². The first-order chi connectivity index (χ1) is 16.1. The van der Waals surface area contributed by atoms with E-state index in [1.807, 2.05) is 38.1 Å². The molecule has 0 radical (unpaired) electrons. The molecule has 0 atom stereocenters. The van der Waals surface area contributed by atoms with Gasteiger partial charge in [0.05, 0.1) is 6.61 Å². The van der Waals surface area contributed by atoms with E-state index in [0.717, 1.165) is 94.4 Å². The first-order valence-corrected chi connectivity index (χ1v) is 12.4. The van der Waals surface area contributed by atoms with E-state index in [0.29, 0.717) is 6.42 Å². The molecule has 2 aromatic rings. The maximum atomic E-state index is 11.9. The van der Waals surface area contributed by atoms with Crippen molar-refractivity contribution >= 4 is 17.1 Å². The smallest absolute Gasteiger partial charge is 0.256 e. The van der Waals surface area contributed by atoms with E-state index < -0.39 is 0 Å². The van der Waals surface area contributed by atoms with Crippen LogP contribution >= 0.6 is 0 Å². The maximum absolute atomic E-state index is 11.9. The predicted molar refractivity (Wildman–Crippen MR) is 136 cm³/mol. The van der Waals surface area contributed by atoms with Crippen molar-refractivity contribution in [3.63, 3.8) is 0 Å². The van der Waals surface area contributed by atoms with Crippen molar-refractivity contribution < 1.29 is 9.90 Å². The predicted octanol–water partition coefficient (Wildman–Crippen LogP) is 2.51. The average molecular weight is 459 g/mol. The number of aromatic nitrogens is 1. The Balaban J connectivity index is 0.000000218. The quantitative estimate of drug-likeness (QED) is 0.490. The number of hydrogen-bond donors (Lipinski definition) is 2. The van der Waals surface area contributed by atoms with E-state index in [1.165, 1.54) is 5.56 Å². The Kier molecular flexibility index (Phi) is 12.3. The van der Waals surface area contributed by atoms with E-state index in [4.69, 9.17) is 5.11 Å². The molecule has 0 saturated carbocycles. The van der Waals surface area contributed by atoms with Crippen LogP contribution in [0.25, 0.3) is 10.8 Å². The average Bonchev–Trinajstić information content (AvgIpc) is 2.85. The molecule has 0 amide bonds. The number of likely N-dealkylation sites (N-methyl/N-ethyl adjacent to an activating group) is 1. The van der Waals surface area contributed by atoms with E-state index in [1.54, 1.807) is 0 Å². The number of aromatic amines is 1. The van der Waals surface area contributed by atoms with Gasteiger partial charge in [-0.2, -0.15) is 0 Å². The van der Waals surface area contributed by atoms with Crippen LogP contribution in [0, 0.1) is 0 Å². The molecule has 4 rings (SSSR count). The number of nitrogens with zero attached hydrogens (tertiary/aromatic N) is 3. The van der Waals surface area contributed by atoms with Gasteiger partial charge in [0.25, 0.3) is 5.56 Å². The minimum Gasteiger partial charge on any atom is -0.395 e. The number of rotatable bonds is 7. The van der Waals surface area contributed by atoms with Gasteiger partial charge in [-0.05, 0) is 43.5 Å². The fraction of sp³-hybridized carbons (Fsp3) is 0.615. The minimum absolute atomic E-state index is 0.0407. The van der Waals surface area contributed by atoms with Gasteiger partial charge >= 0.3 is 0 Å². The lowest BCUT2D eigenvalue weighted by Crippen LogP contribution is -2.47. The summed E-state index contributed by atoms with van der Waals surface area (Å²) in [7, 11) is 2.11. The number of β-amino-alcohol motifs (C(OH)–C–C–N with tert-alkyl or cyclic N) is 1. The van der Waals surface area contributed by atoms with Crippen LogP contribution in [0.3, 0.4) is 0 Å². The van der Waals surface area contributed by atoms with Crippen molar-refractivity contribution in [2.45, 2.75) is 46.1 Å². The Morgan fingerprint density at radius 2 is 1.61 bits per heavy atom. The molecule has 1 aromatic heterocycles. The Morgan fingerprint density at radius 3 is 2.24 bits per heavy atom. The highest BCUT2D eigenvalue weighted by atomic mass is 16.3. The summed E-state index contributed by atoms with van der Waals surface area (Å²) in [5.41, 5.74) is 2.43. The van der Waals surface area contributed by atoms with E-state index in [9.17, 15) is 9.59 Å². The summed E-state index contributed by atoms with van der Waals surface area (Å²) in [6.45, 7) is 12.4. The lowest BCUT2D eigenvalue weighted by Gasteiger charge is -2.34. The van der Waals surface area contributed by atoms with Gasteiger partial charge in [-0.25, -0.2) is 0 Å². The summed E-state index contributed by atoms with van der Waals surface area (Å²) in [6.07, 6.45) is 4.77. The molecule has 0 bridgehead atoms. The standard InChI is InChI=1S/C13H14N2O.C11H22N2O2.C2H6/c1-15-7-6-12-11(8-15)9-4-2-3-5-10(9)13(16)14-12;14-10-3-1-2-4-12-5-7-13(8-6-12)9-11-15;1-2/h2-5H,6-8H2,1H3,(H,14,16);10,15H,1-9,11H2;1-2H3. The molecule has 2 N–H and O–H groups in total. The van der Waals surface area contributed by atoms with Gasteiger partial charge in [0.1, 0.15) is 6.29 Å². The van der Waals surface area contributed by atoms with Crippen molar-refractivity contribution in [3.8, 4) is 0 Å². The molecule has 2 aliphatic rings. The number of pyridine rings is 1. The molecular formula is C26H42N4O3. The van der Waals surface area contributed by atoms with Gasteiger partial charge in [-0.1, -0.05) is 32.0 Å². The largest absolute Gasteiger partial charge is 0.395 e. The second-order valence-corrected chi connectivity index (χ2v) is 8.51. The number of aliphatic hydroxyl groups is 1. The van der Waals surface area contributed by atoms with Gasteiger partial charge in [0.15, 0.2) is 0 Å². The number of aliphatic hydroxyl groups excluding tert-OH is 1. The highest BCUT2D eigenvalue weighted by Crippen LogP contribution is 2.22. The van der Waals surface area contributed by atoms with Crippen molar-refractivity contribution in [2.75, 3.05) is 59.5 Å². The van der Waals surface area contributed by atoms with Crippen LogP contribution in [0.5, 0.6) is 0 Å². The summed E-state index contributed by atoms with van der Waals surface area (Å²) >= 11 is 0. The van der Waals surface area contributed by atoms with Crippen LogP contribution in [-0.2, 0) is 17.8 Å². The fourth-order valence-corrected chi connectivity index (χ4v) is 4.37. The molecule has 0 aliphatic carbocycles. The molecule has 33 heavy (non-hydrogen) atoms. The molecular weight excluding hydrogens is 416 g/mol. The lowest BCUT2D eigenvalue weighted by molar-refractivity contribution is -0.107. The van der Waals surface area contributed by atoms with E-state index in [2.05, 4.69) is 26.7 Å². The van der Waals surface area contributed by atoms with Crippen LogP contribution in [0.1, 0.15) is 44.4 Å². The zero-order valence-electron chi connectivity index (χ0n) is 20.7. The van der Waals surface area contributed by atoms with E-state index in [-0.39, 0.29) is 12.2 Å². The molecule has 3 heterocycles. The Labute approximate surface area is 198 Å². The SMILES string of the molecule is CC.CN1CCc2[nH]c(=O)c3ccccc3c2C1.O=CCCCCN1CCN(CCO)CC1. The van der Waals surface area contributed by atoms with Crippen molar-refractivity contribution in [1.82, 2.24) is 19.7 Å². The van der Waals surface area contributed by atoms with Crippen LogP contribution in [-0.4, -0.2) is 90.5 Å². The third kappa shape index (κ3) is 8.34. The van der Waals surface area contributed by atoms with Crippen LogP contribution < -0.4 is 5.56 Å². The summed E-state index contributed by atoms with van der Waals surface area (Å²) < 4.78 is 0. The Hall–Kier alpha value is -2.06. The Morgan fingerprint density at radius 1 is 0.970 bits per heavy atom. The molecule has 0 unspecified atom stereocenters. The number of carbonyl (C=O) groups excluding carboxylic acids is 1.